The van der Waals surface area contributed by atoms with Crippen LogP contribution in [0, 0.1) is 17.3 Å². The van der Waals surface area contributed by atoms with Crippen molar-refractivity contribution in [3.63, 3.8) is 0 Å². The van der Waals surface area contributed by atoms with Gasteiger partial charge in [0.1, 0.15) is 29.6 Å². The minimum absolute atomic E-state index is 0.0698. The number of aryl methyl sites for hydroxylation is 1. The highest BCUT2D eigenvalue weighted by Gasteiger charge is 2.68. The van der Waals surface area contributed by atoms with Gasteiger partial charge in [0.25, 0.3) is 5.91 Å². The molecule has 67 heavy (non-hydrogen) atoms. The van der Waals surface area contributed by atoms with Crippen molar-refractivity contribution in [2.24, 2.45) is 17.3 Å². The van der Waals surface area contributed by atoms with Gasteiger partial charge in [-0.25, -0.2) is 0 Å². The summed E-state index contributed by atoms with van der Waals surface area (Å²) in [7, 11) is 3.88. The smallest absolute Gasteiger partial charge is 0.481 e. The van der Waals surface area contributed by atoms with E-state index in [0.717, 1.165) is 31.2 Å². The molecule has 4 fully saturated rings. The van der Waals surface area contributed by atoms with Crippen LogP contribution in [0.4, 0.5) is 0 Å². The normalized spacial score (nSPS) is 25.5. The fraction of sp³-hybridized carbons (Fsp3) is 0.558. The molecular weight excluding hydrogens is 849 g/mol. The molecule has 15 heteroatoms. The maximum Gasteiger partial charge on any atom is 0.481 e. The Balaban J connectivity index is 1.09. The highest BCUT2D eigenvalue weighted by Crippen LogP contribution is 2.65. The summed E-state index contributed by atoms with van der Waals surface area (Å²) >= 11 is 0. The summed E-state index contributed by atoms with van der Waals surface area (Å²) in [5, 5.41) is 11.5. The first-order valence-corrected chi connectivity index (χ1v) is 24.2. The third-order valence-electron chi connectivity index (χ3n) is 15.1. The number of unbranched alkanes of at least 4 members (excludes halogenated alkanes) is 5. The lowest BCUT2D eigenvalue weighted by atomic mass is 9.43. The molecule has 8 rings (SSSR count). The van der Waals surface area contributed by atoms with Gasteiger partial charge in [-0.05, 0) is 117 Å². The van der Waals surface area contributed by atoms with Gasteiger partial charge >= 0.3 is 7.12 Å². The average Bonchev–Trinajstić information content (AvgIpc) is 3.69. The van der Waals surface area contributed by atoms with Crippen molar-refractivity contribution in [1.82, 2.24) is 26.2 Å². The standard InChI is InChI=1S/C52H70BN5O9/c1-10-11-12-13-14-15-16-33-17-20-35(21-18-33)48(61)54-30-45(59)58(7)46-36-22-24-42(65-9)39(27-36)38-25-34(19-23-41(38)64-8)26-40(57-47(60)31(2)55-50(46)63)49(62)56-32(3)53-66-44-29-37-28-43(51(37,4)5)52(44,6)67-53/h17-25,27,31-32,37,40,43-44,46H,10-16,26,28-30H2,1-9H3,(H,54,61)(H,55,63)(H,56,62)(H,57,60)/t31-,32-,37?,40?,43?,44+,46?,52-/m0/s1. The van der Waals surface area contributed by atoms with E-state index < -0.39 is 72.9 Å². The van der Waals surface area contributed by atoms with E-state index >= 15 is 0 Å². The largest absolute Gasteiger partial charge is 0.496 e. The Kier molecular flexibility index (Phi) is 15.4. The van der Waals surface area contributed by atoms with Crippen LogP contribution >= 0.6 is 0 Å². The molecular formula is C52H70BN5O9. The molecule has 0 spiro atoms. The Bertz CT molecular complexity index is 2310. The number of amides is 5. The van der Waals surface area contributed by atoms with Gasteiger partial charge < -0.3 is 44.9 Å². The van der Waals surface area contributed by atoms with Crippen molar-refractivity contribution >= 4 is 36.7 Å². The van der Waals surface area contributed by atoms with E-state index in [0.29, 0.717) is 51.2 Å². The maximum atomic E-state index is 14.4. The van der Waals surface area contributed by atoms with Gasteiger partial charge in [0.15, 0.2) is 0 Å². The molecule has 1 saturated heterocycles. The van der Waals surface area contributed by atoms with Crippen LogP contribution in [0.2, 0.25) is 0 Å². The molecule has 8 atom stereocenters. The number of nitrogens with zero attached hydrogens (tertiary/aromatic N) is 1. The average molecular weight is 920 g/mol. The Morgan fingerprint density at radius 3 is 2.24 bits per heavy atom. The zero-order valence-electron chi connectivity index (χ0n) is 40.8. The number of hydrogen-bond acceptors (Lipinski definition) is 9. The van der Waals surface area contributed by atoms with Gasteiger partial charge in [-0.1, -0.05) is 77.1 Å². The first-order chi connectivity index (χ1) is 32.0. The number of rotatable bonds is 16. The highest BCUT2D eigenvalue weighted by atomic mass is 16.7. The first-order valence-electron chi connectivity index (χ1n) is 24.2. The van der Waals surface area contributed by atoms with E-state index in [4.69, 9.17) is 18.8 Å². The van der Waals surface area contributed by atoms with Gasteiger partial charge in [0.2, 0.25) is 23.6 Å². The Morgan fingerprint density at radius 2 is 1.55 bits per heavy atom. The van der Waals surface area contributed by atoms with Gasteiger partial charge in [-0.3, -0.25) is 24.0 Å². The molecule has 3 saturated carbocycles. The molecule has 3 aliphatic carbocycles. The number of methoxy groups -OCH3 is 2. The Morgan fingerprint density at radius 1 is 0.881 bits per heavy atom. The van der Waals surface area contributed by atoms with Crippen LogP contribution in [0.15, 0.2) is 60.7 Å². The molecule has 3 aromatic rings. The first kappa shape index (κ1) is 49.5. The van der Waals surface area contributed by atoms with E-state index in [1.807, 2.05) is 31.2 Å². The Hall–Kier alpha value is -5.41. The minimum Gasteiger partial charge on any atom is -0.496 e. The fourth-order valence-electron chi connectivity index (χ4n) is 10.8. The molecule has 3 aromatic carbocycles. The lowest BCUT2D eigenvalue weighted by Crippen LogP contribution is -2.65. The van der Waals surface area contributed by atoms with Crippen LogP contribution in [0.3, 0.4) is 0 Å². The highest BCUT2D eigenvalue weighted by molar-refractivity contribution is 6.47. The zero-order valence-corrected chi connectivity index (χ0v) is 40.8. The molecule has 360 valence electrons. The second-order valence-corrected chi connectivity index (χ2v) is 19.9. The topological polar surface area (TPSA) is 174 Å². The van der Waals surface area contributed by atoms with E-state index in [1.54, 1.807) is 43.5 Å². The van der Waals surface area contributed by atoms with Crippen molar-refractivity contribution in [3.8, 4) is 22.6 Å². The Labute approximate surface area is 396 Å². The van der Waals surface area contributed by atoms with Gasteiger partial charge in [-0.2, -0.15) is 0 Å². The number of likely N-dealkylation sites (N-methyl/N-ethyl adjacent to an activating group) is 1. The van der Waals surface area contributed by atoms with Crippen molar-refractivity contribution in [3.05, 3.63) is 82.9 Å². The molecule has 0 radical (unpaired) electrons. The van der Waals surface area contributed by atoms with E-state index in [-0.39, 0.29) is 17.9 Å². The number of hydrogen-bond donors (Lipinski definition) is 4. The van der Waals surface area contributed by atoms with Gasteiger partial charge in [-0.15, -0.1) is 0 Å². The minimum atomic E-state index is -1.25. The number of carbonyl (C=O) groups is 5. The maximum absolute atomic E-state index is 14.4. The molecule has 14 nitrogen and oxygen atoms in total. The molecule has 4 N–H and O–H groups in total. The third-order valence-corrected chi connectivity index (χ3v) is 15.1. The van der Waals surface area contributed by atoms with Crippen LogP contribution in [0.5, 0.6) is 11.5 Å². The van der Waals surface area contributed by atoms with Crippen LogP contribution in [0.25, 0.3) is 11.1 Å². The summed E-state index contributed by atoms with van der Waals surface area (Å²) < 4.78 is 24.8. The molecule has 5 aliphatic rings. The van der Waals surface area contributed by atoms with Crippen LogP contribution < -0.4 is 30.7 Å². The zero-order chi connectivity index (χ0) is 48.2. The molecule has 6 bridgehead atoms. The van der Waals surface area contributed by atoms with Crippen molar-refractivity contribution in [1.29, 1.82) is 0 Å². The van der Waals surface area contributed by atoms with Gasteiger partial charge in [0, 0.05) is 30.2 Å². The predicted molar refractivity (Wildman–Crippen MR) is 257 cm³/mol. The quantitative estimate of drug-likeness (QED) is 0.0922. The fourth-order valence-corrected chi connectivity index (χ4v) is 10.8. The lowest BCUT2D eigenvalue weighted by Gasteiger charge is -2.64. The van der Waals surface area contributed by atoms with E-state index in [1.165, 1.54) is 58.1 Å². The lowest BCUT2D eigenvalue weighted by molar-refractivity contribution is -0.199. The summed E-state index contributed by atoms with van der Waals surface area (Å²) in [5.41, 5.74) is 3.57. The van der Waals surface area contributed by atoms with Crippen molar-refractivity contribution < 1.29 is 42.8 Å². The summed E-state index contributed by atoms with van der Waals surface area (Å²) in [6, 6.07) is 14.6. The summed E-state index contributed by atoms with van der Waals surface area (Å²) in [6.45, 7) is 11.9. The van der Waals surface area contributed by atoms with E-state index in [9.17, 15) is 24.0 Å². The van der Waals surface area contributed by atoms with Gasteiger partial charge in [0.05, 0.1) is 38.4 Å². The number of fused-ring (bicyclic) bond motifs is 5. The second-order valence-electron chi connectivity index (χ2n) is 19.9. The molecule has 5 amide bonds. The monoisotopic (exact) mass is 920 g/mol. The molecule has 4 unspecified atom stereocenters. The summed E-state index contributed by atoms with van der Waals surface area (Å²) in [5.74, 6) is -1.33. The van der Waals surface area contributed by atoms with Crippen molar-refractivity contribution in [2.75, 3.05) is 27.8 Å². The summed E-state index contributed by atoms with van der Waals surface area (Å²) in [4.78, 5) is 71.2. The number of carbonyl (C=O) groups excluding carboxylic acids is 5. The van der Waals surface area contributed by atoms with Crippen LogP contribution in [-0.4, -0.2) is 99.1 Å². The third kappa shape index (κ3) is 10.5. The number of ether oxygens (including phenoxy) is 2. The predicted octanol–water partition coefficient (Wildman–Crippen LogP) is 6.52. The van der Waals surface area contributed by atoms with Crippen molar-refractivity contribution in [2.45, 2.75) is 142 Å². The van der Waals surface area contributed by atoms with E-state index in [2.05, 4.69) is 49.0 Å². The summed E-state index contributed by atoms with van der Waals surface area (Å²) in [6.07, 6.45) is 10.2. The number of nitrogens with one attached hydrogen (secondary N) is 4. The molecule has 0 aromatic heterocycles. The van der Waals surface area contributed by atoms with Crippen LogP contribution in [0.1, 0.15) is 126 Å². The molecule has 2 aliphatic heterocycles. The van der Waals surface area contributed by atoms with Crippen LogP contribution in [-0.2, 0) is 41.3 Å². The second kappa shape index (κ2) is 20.9. The molecule has 2 heterocycles. The number of benzene rings is 3. The SMILES string of the molecule is CCCCCCCCc1ccc(C(=O)NCC(=O)N(C)C2C(=O)N[C@@H](C)C(=O)NC(C(=O)N[C@@H](C)B3O[C@@H]4CC5CC(C5(C)C)[C@]4(C)O3)Cc3ccc(OC)c(c3)-c3cc2ccc3OC)cc1.